The standard InChI is InChI=1S/C17H19F2NO/c1-11(2)20-10-13-9-12(7-8-15(13)18)14-5-4-6-16(21-3)17(14)19/h4-9,11,20H,10H2,1-3H3. The van der Waals surface area contributed by atoms with Gasteiger partial charge in [-0.05, 0) is 23.8 Å². The molecule has 0 aromatic heterocycles. The van der Waals surface area contributed by atoms with E-state index in [1.54, 1.807) is 30.3 Å². The minimum Gasteiger partial charge on any atom is -0.494 e. The molecule has 2 aromatic rings. The Balaban J connectivity index is 2.39. The fraction of sp³-hybridized carbons (Fsp3) is 0.294. The topological polar surface area (TPSA) is 21.3 Å². The molecule has 21 heavy (non-hydrogen) atoms. The van der Waals surface area contributed by atoms with Crippen LogP contribution < -0.4 is 10.1 Å². The van der Waals surface area contributed by atoms with Crippen molar-refractivity contribution in [2.24, 2.45) is 0 Å². The van der Waals surface area contributed by atoms with Crippen LogP contribution in [0.2, 0.25) is 0 Å². The molecule has 0 aliphatic rings. The van der Waals surface area contributed by atoms with Crippen LogP contribution in [0.25, 0.3) is 11.1 Å². The second-order valence-corrected chi connectivity index (χ2v) is 5.16. The van der Waals surface area contributed by atoms with E-state index < -0.39 is 5.82 Å². The van der Waals surface area contributed by atoms with Gasteiger partial charge in [0.25, 0.3) is 0 Å². The van der Waals surface area contributed by atoms with Crippen molar-refractivity contribution in [1.29, 1.82) is 0 Å². The number of rotatable bonds is 5. The third-order valence-electron chi connectivity index (χ3n) is 3.24. The minimum atomic E-state index is -0.436. The summed E-state index contributed by atoms with van der Waals surface area (Å²) in [6.45, 7) is 4.38. The Hall–Kier alpha value is -1.94. The van der Waals surface area contributed by atoms with E-state index in [0.29, 0.717) is 23.2 Å². The molecule has 0 spiro atoms. The van der Waals surface area contributed by atoms with E-state index >= 15 is 0 Å². The number of ether oxygens (including phenoxy) is 1. The van der Waals surface area contributed by atoms with Gasteiger partial charge < -0.3 is 10.1 Å². The van der Waals surface area contributed by atoms with Crippen LogP contribution in [0.1, 0.15) is 19.4 Å². The molecule has 0 fully saturated rings. The van der Waals surface area contributed by atoms with Crippen molar-refractivity contribution in [3.05, 3.63) is 53.6 Å². The van der Waals surface area contributed by atoms with Crippen LogP contribution >= 0.6 is 0 Å². The number of halogens is 2. The van der Waals surface area contributed by atoms with Crippen LogP contribution in [0, 0.1) is 11.6 Å². The van der Waals surface area contributed by atoms with Crippen LogP contribution in [0.4, 0.5) is 8.78 Å². The van der Waals surface area contributed by atoms with Crippen LogP contribution in [0.5, 0.6) is 5.75 Å². The normalized spacial score (nSPS) is 11.0. The summed E-state index contributed by atoms with van der Waals surface area (Å²) in [6, 6.07) is 9.79. The van der Waals surface area contributed by atoms with Gasteiger partial charge in [-0.1, -0.05) is 32.0 Å². The van der Waals surface area contributed by atoms with E-state index in [-0.39, 0.29) is 17.6 Å². The average molecular weight is 291 g/mol. The zero-order valence-electron chi connectivity index (χ0n) is 12.4. The number of nitrogens with one attached hydrogen (secondary N) is 1. The maximum absolute atomic E-state index is 14.3. The molecule has 0 radical (unpaired) electrons. The fourth-order valence-electron chi connectivity index (χ4n) is 2.08. The molecule has 112 valence electrons. The van der Waals surface area contributed by atoms with Crippen LogP contribution in [-0.2, 0) is 6.54 Å². The Morgan fingerprint density at radius 1 is 1.14 bits per heavy atom. The van der Waals surface area contributed by atoms with E-state index in [1.807, 2.05) is 13.8 Å². The van der Waals surface area contributed by atoms with Crippen molar-refractivity contribution in [3.63, 3.8) is 0 Å². The highest BCUT2D eigenvalue weighted by Gasteiger charge is 2.12. The largest absolute Gasteiger partial charge is 0.494 e. The van der Waals surface area contributed by atoms with Gasteiger partial charge in [0.2, 0.25) is 0 Å². The predicted molar refractivity (Wildman–Crippen MR) is 80.3 cm³/mol. The van der Waals surface area contributed by atoms with Crippen molar-refractivity contribution >= 4 is 0 Å². The number of hydrogen-bond acceptors (Lipinski definition) is 2. The highest BCUT2D eigenvalue weighted by molar-refractivity contribution is 5.66. The van der Waals surface area contributed by atoms with Gasteiger partial charge in [0, 0.05) is 23.7 Å². The molecule has 0 bridgehead atoms. The third kappa shape index (κ3) is 3.58. The monoisotopic (exact) mass is 291 g/mol. The summed E-state index contributed by atoms with van der Waals surface area (Å²) in [5.74, 6) is -0.553. The van der Waals surface area contributed by atoms with Gasteiger partial charge in [0.1, 0.15) is 5.82 Å². The van der Waals surface area contributed by atoms with Gasteiger partial charge in [-0.15, -0.1) is 0 Å². The lowest BCUT2D eigenvalue weighted by Crippen LogP contribution is -2.22. The van der Waals surface area contributed by atoms with Gasteiger partial charge >= 0.3 is 0 Å². The molecule has 0 aliphatic carbocycles. The Morgan fingerprint density at radius 2 is 1.90 bits per heavy atom. The van der Waals surface area contributed by atoms with Crippen molar-refractivity contribution in [2.75, 3.05) is 7.11 Å². The van der Waals surface area contributed by atoms with Gasteiger partial charge in [0.05, 0.1) is 7.11 Å². The second kappa shape index (κ2) is 6.68. The highest BCUT2D eigenvalue weighted by atomic mass is 19.1. The zero-order valence-corrected chi connectivity index (χ0v) is 12.4. The first-order valence-corrected chi connectivity index (χ1v) is 6.87. The van der Waals surface area contributed by atoms with Crippen LogP contribution in [0.3, 0.4) is 0 Å². The van der Waals surface area contributed by atoms with Crippen LogP contribution in [0.15, 0.2) is 36.4 Å². The Morgan fingerprint density at radius 3 is 2.57 bits per heavy atom. The lowest BCUT2D eigenvalue weighted by Gasteiger charge is -2.12. The molecule has 2 aromatic carbocycles. The first-order valence-electron chi connectivity index (χ1n) is 6.87. The van der Waals surface area contributed by atoms with Gasteiger partial charge in [-0.2, -0.15) is 0 Å². The Labute approximate surface area is 123 Å². The van der Waals surface area contributed by atoms with Gasteiger partial charge in [-0.25, -0.2) is 8.78 Å². The summed E-state index contributed by atoms with van der Waals surface area (Å²) in [4.78, 5) is 0. The quantitative estimate of drug-likeness (QED) is 0.894. The van der Waals surface area contributed by atoms with Crippen molar-refractivity contribution in [1.82, 2.24) is 5.32 Å². The molecular formula is C17H19F2NO. The lowest BCUT2D eigenvalue weighted by atomic mass is 10.0. The molecule has 0 saturated carbocycles. The number of hydrogen-bond donors (Lipinski definition) is 1. The second-order valence-electron chi connectivity index (χ2n) is 5.16. The van der Waals surface area contributed by atoms with E-state index in [4.69, 9.17) is 4.74 Å². The molecular weight excluding hydrogens is 272 g/mol. The zero-order chi connectivity index (χ0) is 15.4. The lowest BCUT2D eigenvalue weighted by molar-refractivity contribution is 0.387. The van der Waals surface area contributed by atoms with Crippen molar-refractivity contribution in [3.8, 4) is 16.9 Å². The summed E-state index contributed by atoms with van der Waals surface area (Å²) in [5, 5.41) is 3.16. The molecule has 1 N–H and O–H groups in total. The molecule has 0 unspecified atom stereocenters. The van der Waals surface area contributed by atoms with E-state index in [2.05, 4.69) is 5.32 Å². The summed E-state index contributed by atoms with van der Waals surface area (Å²) in [5.41, 5.74) is 1.55. The highest BCUT2D eigenvalue weighted by Crippen LogP contribution is 2.30. The summed E-state index contributed by atoms with van der Waals surface area (Å²) in [6.07, 6.45) is 0. The van der Waals surface area contributed by atoms with Crippen molar-refractivity contribution in [2.45, 2.75) is 26.4 Å². The third-order valence-corrected chi connectivity index (χ3v) is 3.24. The van der Waals surface area contributed by atoms with E-state index in [1.165, 1.54) is 13.2 Å². The van der Waals surface area contributed by atoms with Crippen LogP contribution in [-0.4, -0.2) is 13.2 Å². The fourth-order valence-corrected chi connectivity index (χ4v) is 2.08. The smallest absolute Gasteiger partial charge is 0.172 e. The van der Waals surface area contributed by atoms with Crippen molar-refractivity contribution < 1.29 is 13.5 Å². The Kier molecular flexibility index (Phi) is 4.91. The van der Waals surface area contributed by atoms with Gasteiger partial charge in [0.15, 0.2) is 11.6 Å². The summed E-state index contributed by atoms with van der Waals surface area (Å²) < 4.78 is 33.1. The molecule has 0 amide bonds. The first-order chi connectivity index (χ1) is 10.0. The molecule has 0 atom stereocenters. The molecule has 0 heterocycles. The number of benzene rings is 2. The maximum Gasteiger partial charge on any atom is 0.172 e. The molecule has 0 aliphatic heterocycles. The number of methoxy groups -OCH3 is 1. The molecule has 2 nitrogen and oxygen atoms in total. The summed E-state index contributed by atoms with van der Waals surface area (Å²) >= 11 is 0. The molecule has 0 saturated heterocycles. The van der Waals surface area contributed by atoms with Gasteiger partial charge in [-0.3, -0.25) is 0 Å². The van der Waals surface area contributed by atoms with E-state index in [0.717, 1.165) is 0 Å². The SMILES string of the molecule is COc1cccc(-c2ccc(F)c(CNC(C)C)c2)c1F. The first kappa shape index (κ1) is 15.4. The summed E-state index contributed by atoms with van der Waals surface area (Å²) in [7, 11) is 1.42. The maximum atomic E-state index is 14.3. The molecule has 2 rings (SSSR count). The minimum absolute atomic E-state index is 0.179. The Bertz CT molecular complexity index is 626. The van der Waals surface area contributed by atoms with E-state index in [9.17, 15) is 8.78 Å². The molecule has 4 heteroatoms. The average Bonchev–Trinajstić information content (AvgIpc) is 2.47. The predicted octanol–water partition coefficient (Wildman–Crippen LogP) is 4.14.